The van der Waals surface area contributed by atoms with Gasteiger partial charge in [0.05, 0.1) is 19.5 Å². The highest BCUT2D eigenvalue weighted by atomic mass is 16.5. The summed E-state index contributed by atoms with van der Waals surface area (Å²) in [6, 6.07) is 7.71. The Kier molecular flexibility index (Phi) is 4.07. The molecule has 0 aliphatic carbocycles. The van der Waals surface area contributed by atoms with Gasteiger partial charge in [-0.05, 0) is 18.1 Å². The number of hydrogen-bond donors (Lipinski definition) is 0. The largest absolute Gasteiger partial charge is 0.464 e. The minimum Gasteiger partial charge on any atom is -0.464 e. The van der Waals surface area contributed by atoms with Gasteiger partial charge in [-0.25, -0.2) is 14.8 Å². The standard InChI is InChI=1S/C14H14N2O3/c1-3-10-6-4-5-7-12(10)19-13-9-15-11(8-16-13)14(17)18-2/h4-9H,3H2,1-2H3. The van der Waals surface area contributed by atoms with E-state index in [1.165, 1.54) is 19.5 Å². The van der Waals surface area contributed by atoms with Gasteiger partial charge >= 0.3 is 5.97 Å². The maximum Gasteiger partial charge on any atom is 0.358 e. The normalized spacial score (nSPS) is 10.0. The number of aryl methyl sites for hydroxylation is 1. The van der Waals surface area contributed by atoms with Crippen molar-refractivity contribution < 1.29 is 14.3 Å². The fourth-order valence-corrected chi connectivity index (χ4v) is 1.59. The van der Waals surface area contributed by atoms with Crippen molar-refractivity contribution in [2.24, 2.45) is 0 Å². The first-order valence-electron chi connectivity index (χ1n) is 5.90. The molecule has 0 N–H and O–H groups in total. The van der Waals surface area contributed by atoms with Crippen molar-refractivity contribution in [1.82, 2.24) is 9.97 Å². The van der Waals surface area contributed by atoms with Gasteiger partial charge in [-0.3, -0.25) is 0 Å². The molecular weight excluding hydrogens is 244 g/mol. The van der Waals surface area contributed by atoms with Crippen LogP contribution in [-0.4, -0.2) is 23.0 Å². The second-order valence-corrected chi connectivity index (χ2v) is 3.79. The van der Waals surface area contributed by atoms with Gasteiger partial charge in [0.1, 0.15) is 5.75 Å². The van der Waals surface area contributed by atoms with Crippen molar-refractivity contribution in [2.75, 3.05) is 7.11 Å². The van der Waals surface area contributed by atoms with E-state index in [9.17, 15) is 4.79 Å². The van der Waals surface area contributed by atoms with E-state index in [1.54, 1.807) is 0 Å². The highest BCUT2D eigenvalue weighted by Gasteiger charge is 2.09. The second-order valence-electron chi connectivity index (χ2n) is 3.79. The highest BCUT2D eigenvalue weighted by molar-refractivity contribution is 5.86. The Bertz CT molecular complexity index is 567. The number of carbonyl (C=O) groups excluding carboxylic acids is 1. The minimum absolute atomic E-state index is 0.152. The second kappa shape index (κ2) is 5.95. The first-order valence-corrected chi connectivity index (χ1v) is 5.90. The average Bonchev–Trinajstić information content (AvgIpc) is 2.48. The zero-order chi connectivity index (χ0) is 13.7. The van der Waals surface area contributed by atoms with Gasteiger partial charge in [0.15, 0.2) is 5.69 Å². The lowest BCUT2D eigenvalue weighted by molar-refractivity contribution is 0.0593. The van der Waals surface area contributed by atoms with Crippen LogP contribution in [0.2, 0.25) is 0 Å². The van der Waals surface area contributed by atoms with E-state index >= 15 is 0 Å². The van der Waals surface area contributed by atoms with E-state index in [4.69, 9.17) is 4.74 Å². The Hall–Kier alpha value is -2.43. The van der Waals surface area contributed by atoms with Crippen molar-refractivity contribution >= 4 is 5.97 Å². The molecule has 0 radical (unpaired) electrons. The number of nitrogens with zero attached hydrogens (tertiary/aromatic N) is 2. The number of benzene rings is 1. The van der Waals surface area contributed by atoms with Crippen LogP contribution in [0.3, 0.4) is 0 Å². The molecule has 1 aromatic carbocycles. The van der Waals surface area contributed by atoms with Crippen LogP contribution in [-0.2, 0) is 11.2 Å². The lowest BCUT2D eigenvalue weighted by Gasteiger charge is -2.08. The molecule has 0 amide bonds. The predicted molar refractivity (Wildman–Crippen MR) is 69.3 cm³/mol. The molecule has 5 nitrogen and oxygen atoms in total. The summed E-state index contributed by atoms with van der Waals surface area (Å²) < 4.78 is 10.2. The number of methoxy groups -OCH3 is 1. The Balaban J connectivity index is 2.17. The summed E-state index contributed by atoms with van der Waals surface area (Å²) in [6.07, 6.45) is 3.60. The Labute approximate surface area is 111 Å². The molecule has 1 heterocycles. The van der Waals surface area contributed by atoms with Crippen LogP contribution in [0.1, 0.15) is 23.0 Å². The number of carbonyl (C=O) groups is 1. The van der Waals surface area contributed by atoms with Gasteiger partial charge in [-0.2, -0.15) is 0 Å². The van der Waals surface area contributed by atoms with E-state index < -0.39 is 5.97 Å². The lowest BCUT2D eigenvalue weighted by atomic mass is 10.1. The molecular formula is C14H14N2O3. The predicted octanol–water partition coefficient (Wildman–Crippen LogP) is 2.62. The quantitative estimate of drug-likeness (QED) is 0.789. The number of hydrogen-bond acceptors (Lipinski definition) is 5. The lowest BCUT2D eigenvalue weighted by Crippen LogP contribution is -2.05. The maximum absolute atomic E-state index is 11.2. The first-order chi connectivity index (χ1) is 9.24. The topological polar surface area (TPSA) is 61.3 Å². The molecule has 0 saturated carbocycles. The van der Waals surface area contributed by atoms with Crippen LogP contribution in [0.4, 0.5) is 0 Å². The molecule has 0 spiro atoms. The third-order valence-electron chi connectivity index (χ3n) is 2.59. The summed E-state index contributed by atoms with van der Waals surface area (Å²) in [4.78, 5) is 19.2. The number of ether oxygens (including phenoxy) is 2. The first kappa shape index (κ1) is 13.0. The summed E-state index contributed by atoms with van der Waals surface area (Å²) in [5.41, 5.74) is 1.24. The molecule has 0 unspecified atom stereocenters. The molecule has 19 heavy (non-hydrogen) atoms. The molecule has 0 aliphatic rings. The van der Waals surface area contributed by atoms with Crippen LogP contribution >= 0.6 is 0 Å². The van der Waals surface area contributed by atoms with Crippen molar-refractivity contribution in [1.29, 1.82) is 0 Å². The number of esters is 1. The van der Waals surface area contributed by atoms with Gasteiger partial charge < -0.3 is 9.47 Å². The van der Waals surface area contributed by atoms with E-state index in [0.717, 1.165) is 17.7 Å². The molecule has 2 aromatic rings. The van der Waals surface area contributed by atoms with Crippen LogP contribution in [0, 0.1) is 0 Å². The third kappa shape index (κ3) is 3.07. The molecule has 98 valence electrons. The molecule has 0 bridgehead atoms. The molecule has 0 atom stereocenters. The van der Waals surface area contributed by atoms with E-state index in [-0.39, 0.29) is 5.69 Å². The fourth-order valence-electron chi connectivity index (χ4n) is 1.59. The summed E-state index contributed by atoms with van der Waals surface area (Å²) in [5.74, 6) is 0.562. The van der Waals surface area contributed by atoms with Gasteiger partial charge in [0.25, 0.3) is 0 Å². The van der Waals surface area contributed by atoms with Crippen LogP contribution in [0.15, 0.2) is 36.7 Å². The van der Waals surface area contributed by atoms with Crippen molar-refractivity contribution in [3.05, 3.63) is 47.9 Å². The number of aromatic nitrogens is 2. The summed E-state index contributed by atoms with van der Waals surface area (Å²) in [6.45, 7) is 2.05. The number of para-hydroxylation sites is 1. The summed E-state index contributed by atoms with van der Waals surface area (Å²) >= 11 is 0. The van der Waals surface area contributed by atoms with Crippen LogP contribution in [0.25, 0.3) is 0 Å². The smallest absolute Gasteiger partial charge is 0.358 e. The van der Waals surface area contributed by atoms with Gasteiger partial charge in [0.2, 0.25) is 5.88 Å². The monoisotopic (exact) mass is 258 g/mol. The SMILES string of the molecule is CCc1ccccc1Oc1cnc(C(=O)OC)cn1. The third-order valence-corrected chi connectivity index (χ3v) is 2.59. The van der Waals surface area contributed by atoms with Crippen LogP contribution in [0.5, 0.6) is 11.6 Å². The maximum atomic E-state index is 11.2. The van der Waals surface area contributed by atoms with Gasteiger partial charge in [-0.1, -0.05) is 25.1 Å². The zero-order valence-electron chi connectivity index (χ0n) is 10.8. The van der Waals surface area contributed by atoms with Gasteiger partial charge in [0, 0.05) is 0 Å². The van der Waals surface area contributed by atoms with Gasteiger partial charge in [-0.15, -0.1) is 0 Å². The molecule has 5 heteroatoms. The Morgan fingerprint density at radius 2 is 2.00 bits per heavy atom. The zero-order valence-corrected chi connectivity index (χ0v) is 10.8. The minimum atomic E-state index is -0.520. The van der Waals surface area contributed by atoms with E-state index in [1.807, 2.05) is 31.2 Å². The van der Waals surface area contributed by atoms with E-state index in [2.05, 4.69) is 14.7 Å². The molecule has 2 rings (SSSR count). The fraction of sp³-hybridized carbons (Fsp3) is 0.214. The average molecular weight is 258 g/mol. The highest BCUT2D eigenvalue weighted by Crippen LogP contribution is 2.23. The van der Waals surface area contributed by atoms with Crippen LogP contribution < -0.4 is 4.74 Å². The number of rotatable bonds is 4. The molecule has 0 aliphatic heterocycles. The van der Waals surface area contributed by atoms with E-state index in [0.29, 0.717) is 5.88 Å². The summed E-state index contributed by atoms with van der Waals surface area (Å²) in [7, 11) is 1.30. The Morgan fingerprint density at radius 3 is 2.63 bits per heavy atom. The molecule has 1 aromatic heterocycles. The van der Waals surface area contributed by atoms with Crippen molar-refractivity contribution in [3.8, 4) is 11.6 Å². The van der Waals surface area contributed by atoms with Crippen molar-refractivity contribution in [3.63, 3.8) is 0 Å². The molecule has 0 saturated heterocycles. The van der Waals surface area contributed by atoms with Crippen molar-refractivity contribution in [2.45, 2.75) is 13.3 Å². The summed E-state index contributed by atoms with van der Waals surface area (Å²) in [5, 5.41) is 0. The molecule has 0 fully saturated rings. The Morgan fingerprint density at radius 1 is 1.21 bits per heavy atom.